The number of nitrogens with zero attached hydrogens (tertiary/aromatic N) is 1. The lowest BCUT2D eigenvalue weighted by atomic mass is 10.2. The molecule has 0 amide bonds. The van der Waals surface area contributed by atoms with Crippen LogP contribution in [0.25, 0.3) is 0 Å². The Morgan fingerprint density at radius 3 is 2.48 bits per heavy atom. The van der Waals surface area contributed by atoms with Gasteiger partial charge in [-0.05, 0) is 71.0 Å². The van der Waals surface area contributed by atoms with Gasteiger partial charge in [0, 0.05) is 18.3 Å². The van der Waals surface area contributed by atoms with Crippen molar-refractivity contribution in [2.75, 3.05) is 25.9 Å². The monoisotopic (exact) mass is 313 g/mol. The third kappa shape index (κ3) is 6.03. The van der Waals surface area contributed by atoms with Gasteiger partial charge in [-0.25, -0.2) is 13.1 Å². The lowest BCUT2D eigenvalue weighted by Gasteiger charge is -2.20. The van der Waals surface area contributed by atoms with Crippen molar-refractivity contribution in [1.82, 2.24) is 9.62 Å². The van der Waals surface area contributed by atoms with Crippen LogP contribution in [0, 0.1) is 6.92 Å². The molecule has 0 radical (unpaired) electrons. The first-order chi connectivity index (χ1) is 9.72. The molecule has 0 aliphatic heterocycles. The quantitative estimate of drug-likeness (QED) is 0.568. The summed E-state index contributed by atoms with van der Waals surface area (Å²) in [5.74, 6) is 0. The Balaban J connectivity index is 2.47. The number of nitrogen functional groups attached to an aromatic ring is 1. The minimum absolute atomic E-state index is 0.235. The second-order valence-corrected chi connectivity index (χ2v) is 7.53. The number of rotatable bonds is 8. The first kappa shape index (κ1) is 17.9. The maximum atomic E-state index is 12.2. The lowest BCUT2D eigenvalue weighted by molar-refractivity contribution is 0.268. The predicted molar refractivity (Wildman–Crippen MR) is 87.8 cm³/mol. The first-order valence-corrected chi connectivity index (χ1v) is 8.78. The fourth-order valence-corrected chi connectivity index (χ4v) is 3.18. The molecule has 0 bridgehead atoms. The van der Waals surface area contributed by atoms with E-state index in [1.165, 1.54) is 6.07 Å². The van der Waals surface area contributed by atoms with E-state index in [0.717, 1.165) is 24.9 Å². The molecule has 120 valence electrons. The second kappa shape index (κ2) is 7.77. The topological polar surface area (TPSA) is 75.4 Å². The van der Waals surface area contributed by atoms with Gasteiger partial charge in [0.25, 0.3) is 0 Å². The summed E-state index contributed by atoms with van der Waals surface area (Å²) >= 11 is 0. The van der Waals surface area contributed by atoms with E-state index in [-0.39, 0.29) is 4.90 Å². The summed E-state index contributed by atoms with van der Waals surface area (Å²) in [6, 6.07) is 5.38. The summed E-state index contributed by atoms with van der Waals surface area (Å²) in [4.78, 5) is 2.48. The minimum atomic E-state index is -3.47. The van der Waals surface area contributed by atoms with Crippen LogP contribution in [0.15, 0.2) is 23.1 Å². The Bertz CT molecular complexity index is 536. The van der Waals surface area contributed by atoms with Crippen molar-refractivity contribution in [2.45, 2.75) is 44.6 Å². The molecule has 0 aromatic heterocycles. The van der Waals surface area contributed by atoms with E-state index in [4.69, 9.17) is 5.73 Å². The van der Waals surface area contributed by atoms with Crippen LogP contribution in [0.5, 0.6) is 0 Å². The highest BCUT2D eigenvalue weighted by molar-refractivity contribution is 7.89. The Morgan fingerprint density at radius 1 is 1.24 bits per heavy atom. The summed E-state index contributed by atoms with van der Waals surface area (Å²) in [6.45, 7) is 7.53. The fourth-order valence-electron chi connectivity index (χ4n) is 1.97. The Labute approximate surface area is 128 Å². The molecule has 1 aromatic rings. The van der Waals surface area contributed by atoms with Crippen molar-refractivity contribution in [3.8, 4) is 0 Å². The van der Waals surface area contributed by atoms with Crippen LogP contribution in [0.2, 0.25) is 0 Å². The molecule has 0 fully saturated rings. The van der Waals surface area contributed by atoms with Gasteiger partial charge >= 0.3 is 0 Å². The van der Waals surface area contributed by atoms with Crippen LogP contribution in [0.3, 0.4) is 0 Å². The standard InChI is InChI=1S/C15H27N3O2S/c1-12(2)18(4)8-6-5-7-17-21(19,20)15-10-13(3)9-14(16)11-15/h9-12,17H,5-8,16H2,1-4H3. The normalized spacial score (nSPS) is 12.3. The number of hydrogen-bond acceptors (Lipinski definition) is 4. The number of benzene rings is 1. The van der Waals surface area contributed by atoms with Gasteiger partial charge in [-0.2, -0.15) is 0 Å². The average Bonchev–Trinajstić information content (AvgIpc) is 2.36. The van der Waals surface area contributed by atoms with E-state index in [2.05, 4.69) is 30.5 Å². The first-order valence-electron chi connectivity index (χ1n) is 7.29. The molecule has 5 nitrogen and oxygen atoms in total. The number of anilines is 1. The van der Waals surface area contributed by atoms with Crippen LogP contribution in [0.1, 0.15) is 32.3 Å². The average molecular weight is 313 g/mol. The predicted octanol–water partition coefficient (Wildman–Crippen LogP) is 1.98. The molecule has 0 saturated heterocycles. The van der Waals surface area contributed by atoms with Gasteiger partial charge in [0.15, 0.2) is 0 Å². The van der Waals surface area contributed by atoms with Crippen LogP contribution in [-0.2, 0) is 10.0 Å². The van der Waals surface area contributed by atoms with Gasteiger partial charge in [0.05, 0.1) is 4.90 Å². The minimum Gasteiger partial charge on any atom is -0.399 e. The van der Waals surface area contributed by atoms with Crippen molar-refractivity contribution in [1.29, 1.82) is 0 Å². The van der Waals surface area contributed by atoms with E-state index in [1.54, 1.807) is 12.1 Å². The molecule has 0 spiro atoms. The number of nitrogens with one attached hydrogen (secondary N) is 1. The zero-order valence-electron chi connectivity index (χ0n) is 13.4. The molecule has 6 heteroatoms. The van der Waals surface area contributed by atoms with Crippen LogP contribution in [-0.4, -0.2) is 39.5 Å². The highest BCUT2D eigenvalue weighted by Gasteiger charge is 2.14. The van der Waals surface area contributed by atoms with Crippen LogP contribution >= 0.6 is 0 Å². The summed E-state index contributed by atoms with van der Waals surface area (Å²) < 4.78 is 27.0. The van der Waals surface area contributed by atoms with Crippen molar-refractivity contribution >= 4 is 15.7 Å². The summed E-state index contributed by atoms with van der Waals surface area (Å²) in [6.07, 6.45) is 1.78. The molecule has 0 aliphatic carbocycles. The van der Waals surface area contributed by atoms with Gasteiger partial charge in [-0.1, -0.05) is 0 Å². The van der Waals surface area contributed by atoms with E-state index in [1.807, 2.05) is 6.92 Å². The van der Waals surface area contributed by atoms with E-state index < -0.39 is 10.0 Å². The molecule has 1 rings (SSSR count). The Kier molecular flexibility index (Phi) is 6.64. The highest BCUT2D eigenvalue weighted by atomic mass is 32.2. The number of sulfonamides is 1. The number of nitrogens with two attached hydrogens (primary N) is 1. The van der Waals surface area contributed by atoms with Gasteiger partial charge in [-0.15, -0.1) is 0 Å². The second-order valence-electron chi connectivity index (χ2n) is 5.76. The molecule has 0 unspecified atom stereocenters. The van der Waals surface area contributed by atoms with Gasteiger partial charge < -0.3 is 10.6 Å². The van der Waals surface area contributed by atoms with Gasteiger partial charge in [0.1, 0.15) is 0 Å². The summed E-state index contributed by atoms with van der Waals surface area (Å²) in [5.41, 5.74) is 7.00. The molecule has 0 saturated carbocycles. The highest BCUT2D eigenvalue weighted by Crippen LogP contribution is 2.16. The number of unbranched alkanes of at least 4 members (excludes halogenated alkanes) is 1. The molecule has 21 heavy (non-hydrogen) atoms. The zero-order valence-corrected chi connectivity index (χ0v) is 14.2. The largest absolute Gasteiger partial charge is 0.399 e. The third-order valence-corrected chi connectivity index (χ3v) is 4.94. The molecule has 1 aromatic carbocycles. The smallest absolute Gasteiger partial charge is 0.240 e. The summed E-state index contributed by atoms with van der Waals surface area (Å²) in [5, 5.41) is 0. The van der Waals surface area contributed by atoms with E-state index >= 15 is 0 Å². The number of aryl methyl sites for hydroxylation is 1. The lowest BCUT2D eigenvalue weighted by Crippen LogP contribution is -2.29. The van der Waals surface area contributed by atoms with Crippen molar-refractivity contribution in [3.05, 3.63) is 23.8 Å². The van der Waals surface area contributed by atoms with Crippen molar-refractivity contribution in [3.63, 3.8) is 0 Å². The molecule has 0 heterocycles. The molecule has 0 aliphatic rings. The van der Waals surface area contributed by atoms with E-state index in [9.17, 15) is 8.42 Å². The fraction of sp³-hybridized carbons (Fsp3) is 0.600. The summed E-state index contributed by atoms with van der Waals surface area (Å²) in [7, 11) is -1.39. The van der Waals surface area contributed by atoms with Crippen molar-refractivity contribution < 1.29 is 8.42 Å². The van der Waals surface area contributed by atoms with Gasteiger partial charge in [0.2, 0.25) is 10.0 Å². The molecule has 3 N–H and O–H groups in total. The van der Waals surface area contributed by atoms with E-state index in [0.29, 0.717) is 18.3 Å². The maximum absolute atomic E-state index is 12.2. The van der Waals surface area contributed by atoms with Crippen LogP contribution in [0.4, 0.5) is 5.69 Å². The van der Waals surface area contributed by atoms with Crippen LogP contribution < -0.4 is 10.5 Å². The zero-order chi connectivity index (χ0) is 16.0. The maximum Gasteiger partial charge on any atom is 0.240 e. The SMILES string of the molecule is Cc1cc(N)cc(S(=O)(=O)NCCCCN(C)C(C)C)c1. The van der Waals surface area contributed by atoms with Crippen molar-refractivity contribution in [2.24, 2.45) is 0 Å². The molecular formula is C15H27N3O2S. The molecule has 0 atom stereocenters. The Morgan fingerprint density at radius 2 is 1.90 bits per heavy atom. The third-order valence-electron chi connectivity index (χ3n) is 3.49. The Hall–Kier alpha value is -1.11. The molecular weight excluding hydrogens is 286 g/mol. The van der Waals surface area contributed by atoms with Gasteiger partial charge in [-0.3, -0.25) is 0 Å². The number of hydrogen-bond donors (Lipinski definition) is 2.